The summed E-state index contributed by atoms with van der Waals surface area (Å²) in [5.41, 5.74) is 1.64. The second-order valence-corrected chi connectivity index (χ2v) is 8.14. The van der Waals surface area contributed by atoms with Crippen molar-refractivity contribution in [2.24, 2.45) is 0 Å². The highest BCUT2D eigenvalue weighted by atomic mass is 31.2. The van der Waals surface area contributed by atoms with Crippen LogP contribution in [0.5, 0.6) is 11.5 Å². The fraction of sp³-hybridized carbons (Fsp3) is 0.353. The lowest BCUT2D eigenvalue weighted by molar-refractivity contribution is -0.116. The van der Waals surface area contributed by atoms with Crippen LogP contribution in [0, 0.1) is 0 Å². The summed E-state index contributed by atoms with van der Waals surface area (Å²) in [4.78, 5) is 32.6. The van der Waals surface area contributed by atoms with Crippen molar-refractivity contribution in [3.05, 3.63) is 36.4 Å². The Hall–Kier alpha value is -2.84. The Bertz CT molecular complexity index is 1140. The minimum atomic E-state index is -4.77. The van der Waals surface area contributed by atoms with E-state index in [1.165, 1.54) is 24.8 Å². The molecule has 4 rings (SSSR count). The first kappa shape index (κ1) is 22.4. The zero-order valence-corrected chi connectivity index (χ0v) is 17.2. The predicted octanol–water partition coefficient (Wildman–Crippen LogP) is -0.395. The molecule has 7 N–H and O–H groups in total. The molecule has 1 saturated heterocycles. The van der Waals surface area contributed by atoms with Crippen molar-refractivity contribution in [3.8, 4) is 11.5 Å². The number of anilines is 1. The number of hydrogen-bond acceptors (Lipinski definition) is 11. The van der Waals surface area contributed by atoms with Crippen molar-refractivity contribution < 1.29 is 43.7 Å². The molecule has 0 aliphatic carbocycles. The molecule has 2 aromatic heterocycles. The minimum absolute atomic E-state index is 0.112. The van der Waals surface area contributed by atoms with Gasteiger partial charge in [0, 0.05) is 18.2 Å². The molecule has 3 heterocycles. The Morgan fingerprint density at radius 1 is 1.19 bits per heavy atom. The van der Waals surface area contributed by atoms with E-state index in [1.807, 2.05) is 0 Å². The van der Waals surface area contributed by atoms with Crippen LogP contribution >= 0.6 is 7.82 Å². The van der Waals surface area contributed by atoms with E-state index in [4.69, 9.17) is 19.3 Å². The Morgan fingerprint density at radius 3 is 2.75 bits per heavy atom. The van der Waals surface area contributed by atoms with Crippen molar-refractivity contribution in [2.45, 2.75) is 31.1 Å². The standard InChI is InChI=1S/C17H20N5O9P/c23-10-3-9(30-17-14(25)13(24)11(31-17)5-29-32(26,27)28)2-1-8(10)4-18-15-12-16(20-6-19-12)22-7-21-15/h1-3,6-7,11,13-14,17,23-25H,4-5H2,(H2,26,27,28)(H2,18,19,20,21,22)/t11-,13-,14-,17?/m1/s1. The summed E-state index contributed by atoms with van der Waals surface area (Å²) in [6.07, 6.45) is -2.69. The number of phosphoric acid groups is 1. The third-order valence-electron chi connectivity index (χ3n) is 4.70. The molecule has 1 fully saturated rings. The van der Waals surface area contributed by atoms with Gasteiger partial charge >= 0.3 is 7.82 Å². The normalized spacial score (nSPS) is 23.5. The number of phenols is 1. The summed E-state index contributed by atoms with van der Waals surface area (Å²) < 4.78 is 25.9. The van der Waals surface area contributed by atoms with Gasteiger partial charge in [0.15, 0.2) is 11.5 Å². The van der Waals surface area contributed by atoms with Gasteiger partial charge in [-0.05, 0) is 12.1 Å². The molecule has 1 aromatic carbocycles. The SMILES string of the molecule is O=P(O)(O)OC[C@H]1OC(Oc2ccc(CNc3ncnc4nc[nH]c34)c(O)c2)[C@H](O)[C@@H]1O. The molecular formula is C17H20N5O9P. The number of nitrogens with zero attached hydrogens (tertiary/aromatic N) is 3. The van der Waals surface area contributed by atoms with E-state index >= 15 is 0 Å². The molecular weight excluding hydrogens is 449 g/mol. The number of H-pyrrole nitrogens is 1. The van der Waals surface area contributed by atoms with Gasteiger partial charge in [-0.3, -0.25) is 4.52 Å². The van der Waals surface area contributed by atoms with Crippen molar-refractivity contribution in [1.82, 2.24) is 19.9 Å². The molecule has 0 spiro atoms. The number of phenolic OH excluding ortho intramolecular Hbond substituents is 1. The lowest BCUT2D eigenvalue weighted by Gasteiger charge is -2.17. The number of hydrogen-bond donors (Lipinski definition) is 7. The van der Waals surface area contributed by atoms with Crippen LogP contribution in [0.2, 0.25) is 0 Å². The summed E-state index contributed by atoms with van der Waals surface area (Å²) in [5, 5.41) is 33.5. The van der Waals surface area contributed by atoms with E-state index in [0.717, 1.165) is 0 Å². The maximum absolute atomic E-state index is 10.8. The number of ether oxygens (including phenoxy) is 2. The van der Waals surface area contributed by atoms with E-state index in [-0.39, 0.29) is 18.0 Å². The molecule has 3 aromatic rings. The van der Waals surface area contributed by atoms with E-state index in [0.29, 0.717) is 22.5 Å². The second kappa shape index (κ2) is 8.96. The third-order valence-corrected chi connectivity index (χ3v) is 5.19. The molecule has 14 nitrogen and oxygen atoms in total. The number of aromatic nitrogens is 4. The minimum Gasteiger partial charge on any atom is -0.507 e. The summed E-state index contributed by atoms with van der Waals surface area (Å²) in [6.45, 7) is -0.425. The van der Waals surface area contributed by atoms with Crippen LogP contribution in [-0.2, 0) is 20.4 Å². The van der Waals surface area contributed by atoms with Crippen LogP contribution < -0.4 is 10.1 Å². The number of imidazole rings is 1. The molecule has 1 aliphatic heterocycles. The summed E-state index contributed by atoms with van der Waals surface area (Å²) in [5.74, 6) is 0.531. The fourth-order valence-electron chi connectivity index (χ4n) is 3.10. The van der Waals surface area contributed by atoms with Gasteiger partial charge in [-0.15, -0.1) is 0 Å². The van der Waals surface area contributed by atoms with E-state index < -0.39 is 39.0 Å². The van der Waals surface area contributed by atoms with Gasteiger partial charge in [0.25, 0.3) is 0 Å². The van der Waals surface area contributed by atoms with Gasteiger partial charge in [0.1, 0.15) is 41.7 Å². The quantitative estimate of drug-likeness (QED) is 0.210. The Balaban J connectivity index is 1.38. The smallest absolute Gasteiger partial charge is 0.469 e. The number of nitrogens with one attached hydrogen (secondary N) is 2. The summed E-state index contributed by atoms with van der Waals surface area (Å²) >= 11 is 0. The number of fused-ring (bicyclic) bond motifs is 1. The average molecular weight is 469 g/mol. The predicted molar refractivity (Wildman–Crippen MR) is 106 cm³/mol. The highest BCUT2D eigenvalue weighted by Crippen LogP contribution is 2.37. The first-order valence-electron chi connectivity index (χ1n) is 9.29. The molecule has 1 aliphatic rings. The van der Waals surface area contributed by atoms with E-state index in [9.17, 15) is 19.9 Å². The number of aromatic hydroxyl groups is 1. The maximum Gasteiger partial charge on any atom is 0.469 e. The van der Waals surface area contributed by atoms with Gasteiger partial charge in [0.05, 0.1) is 12.9 Å². The first-order valence-corrected chi connectivity index (χ1v) is 10.8. The molecule has 0 bridgehead atoms. The number of rotatable bonds is 8. The molecule has 172 valence electrons. The van der Waals surface area contributed by atoms with Crippen molar-refractivity contribution >= 4 is 24.8 Å². The average Bonchev–Trinajstić information content (AvgIpc) is 3.32. The van der Waals surface area contributed by atoms with Crippen molar-refractivity contribution in [1.29, 1.82) is 0 Å². The number of phosphoric ester groups is 1. The second-order valence-electron chi connectivity index (χ2n) is 6.90. The largest absolute Gasteiger partial charge is 0.507 e. The molecule has 1 unspecified atom stereocenters. The molecule has 0 amide bonds. The zero-order valence-electron chi connectivity index (χ0n) is 16.3. The molecule has 32 heavy (non-hydrogen) atoms. The van der Waals surface area contributed by atoms with Gasteiger partial charge < -0.3 is 44.9 Å². The summed E-state index contributed by atoms with van der Waals surface area (Å²) in [6, 6.07) is 4.39. The van der Waals surface area contributed by atoms with Gasteiger partial charge in [-0.2, -0.15) is 0 Å². The topological polar surface area (TPSA) is 212 Å². The van der Waals surface area contributed by atoms with Gasteiger partial charge in [0.2, 0.25) is 6.29 Å². The molecule has 0 saturated carbocycles. The number of aromatic amines is 1. The van der Waals surface area contributed by atoms with Crippen LogP contribution in [0.15, 0.2) is 30.9 Å². The van der Waals surface area contributed by atoms with Crippen LogP contribution in [0.25, 0.3) is 11.2 Å². The molecule has 4 atom stereocenters. The monoisotopic (exact) mass is 469 g/mol. The molecule has 0 radical (unpaired) electrons. The number of benzene rings is 1. The Morgan fingerprint density at radius 2 is 2.00 bits per heavy atom. The number of aliphatic hydroxyl groups excluding tert-OH is 2. The van der Waals surface area contributed by atoms with Crippen molar-refractivity contribution in [3.63, 3.8) is 0 Å². The third kappa shape index (κ3) is 4.97. The van der Waals surface area contributed by atoms with Crippen LogP contribution in [0.1, 0.15) is 5.56 Å². The highest BCUT2D eigenvalue weighted by Gasteiger charge is 2.45. The fourth-order valence-corrected chi connectivity index (χ4v) is 3.44. The molecule has 15 heteroatoms. The number of aliphatic hydroxyl groups is 2. The van der Waals surface area contributed by atoms with Crippen molar-refractivity contribution in [2.75, 3.05) is 11.9 Å². The Kier molecular flexibility index (Phi) is 6.26. The zero-order chi connectivity index (χ0) is 22.9. The van der Waals surface area contributed by atoms with Crippen LogP contribution in [-0.4, -0.2) is 76.3 Å². The van der Waals surface area contributed by atoms with E-state index in [1.54, 1.807) is 6.07 Å². The maximum atomic E-state index is 10.8. The lowest BCUT2D eigenvalue weighted by Crippen LogP contribution is -2.35. The first-order chi connectivity index (χ1) is 15.2. The Labute approximate surface area is 180 Å². The lowest BCUT2D eigenvalue weighted by atomic mass is 10.1. The van der Waals surface area contributed by atoms with Crippen LogP contribution in [0.4, 0.5) is 5.82 Å². The highest BCUT2D eigenvalue weighted by molar-refractivity contribution is 7.46. The van der Waals surface area contributed by atoms with E-state index in [2.05, 4.69) is 29.8 Å². The van der Waals surface area contributed by atoms with Gasteiger partial charge in [-0.25, -0.2) is 19.5 Å². The summed E-state index contributed by atoms with van der Waals surface area (Å²) in [7, 11) is -4.77. The van der Waals surface area contributed by atoms with Gasteiger partial charge in [-0.1, -0.05) is 0 Å². The van der Waals surface area contributed by atoms with Crippen LogP contribution in [0.3, 0.4) is 0 Å².